The summed E-state index contributed by atoms with van der Waals surface area (Å²) in [6, 6.07) is 4.57. The Hall–Kier alpha value is -1.42. The van der Waals surface area contributed by atoms with Crippen LogP contribution in [0.15, 0.2) is 18.3 Å². The van der Waals surface area contributed by atoms with Crippen LogP contribution in [0, 0.1) is 6.92 Å². The summed E-state index contributed by atoms with van der Waals surface area (Å²) in [7, 11) is 0. The van der Waals surface area contributed by atoms with Gasteiger partial charge < -0.3 is 10.6 Å². The van der Waals surface area contributed by atoms with Gasteiger partial charge in [0.05, 0.1) is 0 Å². The van der Waals surface area contributed by atoms with Gasteiger partial charge in [0, 0.05) is 30.9 Å². The van der Waals surface area contributed by atoms with E-state index in [1.54, 1.807) is 0 Å². The van der Waals surface area contributed by atoms with Crippen molar-refractivity contribution in [3.8, 4) is 0 Å². The fourth-order valence-corrected chi connectivity index (χ4v) is 1.74. The number of amides is 1. The lowest BCUT2D eigenvalue weighted by molar-refractivity contribution is -0.121. The molecule has 0 spiro atoms. The fraction of sp³-hybridized carbons (Fsp3) is 0.571. The number of pyridine rings is 1. The Morgan fingerprint density at radius 2 is 2.28 bits per heavy atom. The average Bonchev–Trinajstić information content (AvgIpc) is 3.15. The first-order valence-corrected chi connectivity index (χ1v) is 6.65. The van der Waals surface area contributed by atoms with Crippen LogP contribution in [-0.4, -0.2) is 23.5 Å². The van der Waals surface area contributed by atoms with Gasteiger partial charge in [-0.1, -0.05) is 6.07 Å². The Morgan fingerprint density at radius 3 is 2.94 bits per heavy atom. The van der Waals surface area contributed by atoms with Gasteiger partial charge in [-0.2, -0.15) is 0 Å². The monoisotopic (exact) mass is 247 g/mol. The molecule has 0 aromatic carbocycles. The third kappa shape index (κ3) is 4.84. The van der Waals surface area contributed by atoms with E-state index in [1.165, 1.54) is 5.56 Å². The first-order valence-electron chi connectivity index (χ1n) is 6.65. The predicted molar refractivity (Wildman–Crippen MR) is 71.1 cm³/mol. The lowest BCUT2D eigenvalue weighted by atomic mass is 10.2. The second-order valence-corrected chi connectivity index (χ2v) is 4.93. The zero-order valence-electron chi connectivity index (χ0n) is 10.9. The summed E-state index contributed by atoms with van der Waals surface area (Å²) in [6.45, 7) is 3.67. The summed E-state index contributed by atoms with van der Waals surface area (Å²) in [5.74, 6) is 0.191. The van der Waals surface area contributed by atoms with Crippen molar-refractivity contribution >= 4 is 5.91 Å². The molecule has 0 bridgehead atoms. The van der Waals surface area contributed by atoms with E-state index in [0.29, 0.717) is 12.5 Å². The zero-order valence-corrected chi connectivity index (χ0v) is 10.9. The highest BCUT2D eigenvalue weighted by molar-refractivity contribution is 5.76. The Balaban J connectivity index is 1.52. The summed E-state index contributed by atoms with van der Waals surface area (Å²) >= 11 is 0. The molecule has 1 aliphatic rings. The van der Waals surface area contributed by atoms with E-state index in [1.807, 2.05) is 19.2 Å². The van der Waals surface area contributed by atoms with Crippen LogP contribution >= 0.6 is 0 Å². The lowest BCUT2D eigenvalue weighted by Crippen LogP contribution is -2.26. The first-order chi connectivity index (χ1) is 8.74. The van der Waals surface area contributed by atoms with Crippen molar-refractivity contribution in [3.05, 3.63) is 29.6 Å². The quantitative estimate of drug-likeness (QED) is 0.719. The molecular weight excluding hydrogens is 226 g/mol. The molecule has 1 aliphatic carbocycles. The Bertz CT molecular complexity index is 385. The molecule has 18 heavy (non-hydrogen) atoms. The normalized spacial score (nSPS) is 14.5. The summed E-state index contributed by atoms with van der Waals surface area (Å²) < 4.78 is 0. The number of aromatic nitrogens is 1. The zero-order chi connectivity index (χ0) is 12.8. The molecule has 0 atom stereocenters. The molecule has 1 fully saturated rings. The lowest BCUT2D eigenvalue weighted by Gasteiger charge is -2.05. The number of carbonyl (C=O) groups is 1. The Morgan fingerprint density at radius 1 is 1.44 bits per heavy atom. The van der Waals surface area contributed by atoms with Crippen LogP contribution in [0.2, 0.25) is 0 Å². The number of rotatable bonds is 7. The van der Waals surface area contributed by atoms with E-state index in [-0.39, 0.29) is 5.91 Å². The van der Waals surface area contributed by atoms with Crippen molar-refractivity contribution < 1.29 is 4.79 Å². The molecule has 1 aromatic heterocycles. The van der Waals surface area contributed by atoms with Gasteiger partial charge in [-0.3, -0.25) is 9.78 Å². The fourth-order valence-electron chi connectivity index (χ4n) is 1.74. The van der Waals surface area contributed by atoms with Gasteiger partial charge in [0.25, 0.3) is 0 Å². The molecule has 0 aliphatic heterocycles. The number of nitrogens with one attached hydrogen (secondary N) is 2. The minimum absolute atomic E-state index is 0.191. The Kier molecular flexibility index (Phi) is 4.70. The van der Waals surface area contributed by atoms with Gasteiger partial charge in [-0.05, 0) is 44.4 Å². The summed E-state index contributed by atoms with van der Waals surface area (Å²) in [5.41, 5.74) is 2.22. The smallest absolute Gasteiger partial charge is 0.220 e. The van der Waals surface area contributed by atoms with Gasteiger partial charge in [-0.25, -0.2) is 0 Å². The molecule has 1 saturated carbocycles. The number of carbonyl (C=O) groups excluding carboxylic acids is 1. The summed E-state index contributed by atoms with van der Waals surface area (Å²) in [6.07, 6.45) is 5.71. The summed E-state index contributed by atoms with van der Waals surface area (Å²) in [5, 5.41) is 6.32. The van der Waals surface area contributed by atoms with Crippen LogP contribution in [-0.2, 0) is 11.3 Å². The molecule has 1 aromatic rings. The van der Waals surface area contributed by atoms with Gasteiger partial charge in [0.15, 0.2) is 0 Å². The maximum absolute atomic E-state index is 11.4. The van der Waals surface area contributed by atoms with Crippen LogP contribution in [0.5, 0.6) is 0 Å². The van der Waals surface area contributed by atoms with E-state index >= 15 is 0 Å². The highest BCUT2D eigenvalue weighted by Crippen LogP contribution is 2.18. The van der Waals surface area contributed by atoms with Crippen LogP contribution in [0.4, 0.5) is 0 Å². The maximum atomic E-state index is 11.4. The highest BCUT2D eigenvalue weighted by atomic mass is 16.1. The van der Waals surface area contributed by atoms with E-state index in [4.69, 9.17) is 0 Å². The Labute approximate surface area is 108 Å². The molecule has 4 heteroatoms. The van der Waals surface area contributed by atoms with Crippen molar-refractivity contribution in [1.29, 1.82) is 0 Å². The number of nitrogens with zero attached hydrogens (tertiary/aromatic N) is 1. The minimum atomic E-state index is 0.191. The van der Waals surface area contributed by atoms with Gasteiger partial charge in [0.2, 0.25) is 5.91 Å². The second kappa shape index (κ2) is 6.50. The average molecular weight is 247 g/mol. The van der Waals surface area contributed by atoms with E-state index < -0.39 is 0 Å². The molecule has 0 saturated heterocycles. The third-order valence-electron chi connectivity index (χ3n) is 3.00. The van der Waals surface area contributed by atoms with Gasteiger partial charge in [-0.15, -0.1) is 0 Å². The van der Waals surface area contributed by atoms with Crippen molar-refractivity contribution in [2.24, 2.45) is 0 Å². The van der Waals surface area contributed by atoms with E-state index in [9.17, 15) is 4.79 Å². The molecule has 98 valence electrons. The van der Waals surface area contributed by atoms with Crippen molar-refractivity contribution in [1.82, 2.24) is 15.6 Å². The summed E-state index contributed by atoms with van der Waals surface area (Å²) in [4.78, 5) is 15.7. The predicted octanol–water partition coefficient (Wildman–Crippen LogP) is 1.54. The standard InChI is InChI=1S/C14H21N3O/c1-11-4-5-12(10-16-11)9-15-8-2-3-14(18)17-13-6-7-13/h4-5,10,13,15H,2-3,6-9H2,1H3,(H,17,18). The molecular formula is C14H21N3O. The first kappa shape index (κ1) is 13.0. The van der Waals surface area contributed by atoms with Crippen LogP contribution < -0.4 is 10.6 Å². The van der Waals surface area contributed by atoms with Crippen LogP contribution in [0.1, 0.15) is 36.9 Å². The molecule has 1 amide bonds. The number of hydrogen-bond acceptors (Lipinski definition) is 3. The second-order valence-electron chi connectivity index (χ2n) is 4.93. The molecule has 0 unspecified atom stereocenters. The van der Waals surface area contributed by atoms with Crippen molar-refractivity contribution in [2.45, 2.75) is 45.2 Å². The molecule has 0 radical (unpaired) electrons. The maximum Gasteiger partial charge on any atom is 0.220 e. The minimum Gasteiger partial charge on any atom is -0.353 e. The molecule has 2 rings (SSSR count). The van der Waals surface area contributed by atoms with Crippen LogP contribution in [0.25, 0.3) is 0 Å². The molecule has 4 nitrogen and oxygen atoms in total. The van der Waals surface area contributed by atoms with Crippen molar-refractivity contribution in [2.75, 3.05) is 6.54 Å². The number of aryl methyl sites for hydroxylation is 1. The highest BCUT2D eigenvalue weighted by Gasteiger charge is 2.22. The van der Waals surface area contributed by atoms with Crippen molar-refractivity contribution in [3.63, 3.8) is 0 Å². The topological polar surface area (TPSA) is 54.0 Å². The third-order valence-corrected chi connectivity index (χ3v) is 3.00. The van der Waals surface area contributed by atoms with Crippen LogP contribution in [0.3, 0.4) is 0 Å². The SMILES string of the molecule is Cc1ccc(CNCCCC(=O)NC2CC2)cn1. The largest absolute Gasteiger partial charge is 0.353 e. The number of hydrogen-bond donors (Lipinski definition) is 2. The molecule has 1 heterocycles. The van der Waals surface area contributed by atoms with Gasteiger partial charge >= 0.3 is 0 Å². The van der Waals surface area contributed by atoms with E-state index in [2.05, 4.69) is 21.7 Å². The van der Waals surface area contributed by atoms with E-state index in [0.717, 1.165) is 38.0 Å². The van der Waals surface area contributed by atoms with Gasteiger partial charge in [0.1, 0.15) is 0 Å². The molecule has 2 N–H and O–H groups in total.